The van der Waals surface area contributed by atoms with E-state index in [1.807, 2.05) is 18.4 Å². The van der Waals surface area contributed by atoms with Gasteiger partial charge in [-0.1, -0.05) is 32.6 Å². The van der Waals surface area contributed by atoms with Crippen LogP contribution in [0.5, 0.6) is 0 Å². The summed E-state index contributed by atoms with van der Waals surface area (Å²) in [6, 6.07) is 0. The number of nitrogens with zero attached hydrogens (tertiary/aromatic N) is 1. The molecule has 0 spiro atoms. The summed E-state index contributed by atoms with van der Waals surface area (Å²) in [6.07, 6.45) is 6.43. The van der Waals surface area contributed by atoms with Gasteiger partial charge in [0.1, 0.15) is 5.01 Å². The molecule has 0 bridgehead atoms. The van der Waals surface area contributed by atoms with Crippen molar-refractivity contribution in [1.82, 2.24) is 10.3 Å². The van der Waals surface area contributed by atoms with Crippen LogP contribution in [-0.2, 0) is 5.54 Å². The van der Waals surface area contributed by atoms with Gasteiger partial charge in [-0.05, 0) is 34.2 Å². The van der Waals surface area contributed by atoms with Gasteiger partial charge in [0.15, 0.2) is 0 Å². The number of rotatable bonds is 7. The molecule has 0 amide bonds. The van der Waals surface area contributed by atoms with Crippen molar-refractivity contribution in [2.75, 3.05) is 7.05 Å². The first kappa shape index (κ1) is 14.7. The van der Waals surface area contributed by atoms with Crippen molar-refractivity contribution < 1.29 is 0 Å². The molecule has 1 aromatic rings. The fourth-order valence-electron chi connectivity index (χ4n) is 1.95. The highest BCUT2D eigenvalue weighted by atomic mass is 32.1. The lowest BCUT2D eigenvalue weighted by molar-refractivity contribution is 0.350. The van der Waals surface area contributed by atoms with E-state index >= 15 is 0 Å². The van der Waals surface area contributed by atoms with Crippen molar-refractivity contribution in [1.29, 1.82) is 0 Å². The summed E-state index contributed by atoms with van der Waals surface area (Å²) >= 11 is 1.84. The fraction of sp³-hybridized carbons (Fsp3) is 0.786. The predicted octanol–water partition coefficient (Wildman–Crippen LogP) is 4.16. The Morgan fingerprint density at radius 1 is 1.24 bits per heavy atom. The van der Waals surface area contributed by atoms with Crippen LogP contribution < -0.4 is 5.32 Å². The Hall–Kier alpha value is -0.410. The van der Waals surface area contributed by atoms with Gasteiger partial charge in [0.2, 0.25) is 0 Å². The monoisotopic (exact) mass is 254 g/mol. The molecular weight excluding hydrogens is 228 g/mol. The molecule has 0 saturated carbocycles. The Kier molecular flexibility index (Phi) is 5.60. The second kappa shape index (κ2) is 6.50. The number of hydrogen-bond acceptors (Lipinski definition) is 3. The van der Waals surface area contributed by atoms with Gasteiger partial charge in [-0.2, -0.15) is 0 Å². The third-order valence-corrected chi connectivity index (χ3v) is 4.92. The van der Waals surface area contributed by atoms with Crippen molar-refractivity contribution in [2.45, 2.75) is 65.3 Å². The summed E-state index contributed by atoms with van der Waals surface area (Å²) in [5, 5.41) is 4.70. The van der Waals surface area contributed by atoms with Crippen LogP contribution >= 0.6 is 11.3 Å². The van der Waals surface area contributed by atoms with Crippen LogP contribution in [0.4, 0.5) is 0 Å². The minimum absolute atomic E-state index is 0.0530. The second-order valence-electron chi connectivity index (χ2n) is 5.05. The zero-order chi connectivity index (χ0) is 12.9. The van der Waals surface area contributed by atoms with E-state index in [2.05, 4.69) is 33.0 Å². The first-order valence-corrected chi connectivity index (χ1v) is 7.48. The van der Waals surface area contributed by atoms with Crippen LogP contribution in [0.2, 0.25) is 0 Å². The maximum absolute atomic E-state index is 4.71. The van der Waals surface area contributed by atoms with Crippen LogP contribution in [0.1, 0.15) is 61.5 Å². The molecule has 98 valence electrons. The summed E-state index contributed by atoms with van der Waals surface area (Å²) in [7, 11) is 2.05. The van der Waals surface area contributed by atoms with E-state index in [9.17, 15) is 0 Å². The average molecular weight is 254 g/mol. The van der Waals surface area contributed by atoms with E-state index in [0.717, 1.165) is 0 Å². The first-order chi connectivity index (χ1) is 8.03. The lowest BCUT2D eigenvalue weighted by Gasteiger charge is -2.27. The Labute approximate surface area is 110 Å². The van der Waals surface area contributed by atoms with Gasteiger partial charge < -0.3 is 5.32 Å². The van der Waals surface area contributed by atoms with E-state index in [1.165, 1.54) is 47.7 Å². The number of nitrogens with one attached hydrogen (secondary N) is 1. The van der Waals surface area contributed by atoms with Crippen LogP contribution in [0.15, 0.2) is 0 Å². The van der Waals surface area contributed by atoms with Crippen LogP contribution in [0.25, 0.3) is 0 Å². The third kappa shape index (κ3) is 3.78. The van der Waals surface area contributed by atoms with E-state index < -0.39 is 0 Å². The van der Waals surface area contributed by atoms with Crippen LogP contribution in [0, 0.1) is 13.8 Å². The standard InChI is InChI=1S/C14H26N2S/c1-6-7-8-9-10-14(4,15-5)13-16-11(2)12(3)17-13/h15H,6-10H2,1-5H3. The highest BCUT2D eigenvalue weighted by Crippen LogP contribution is 2.31. The number of unbranched alkanes of at least 4 members (excludes halogenated alkanes) is 3. The Bertz CT molecular complexity index is 326. The number of thiazole rings is 1. The zero-order valence-corrected chi connectivity index (χ0v) is 12.7. The van der Waals surface area contributed by atoms with Crippen molar-refractivity contribution in [3.05, 3.63) is 15.6 Å². The molecule has 0 aliphatic carbocycles. The van der Waals surface area contributed by atoms with Gasteiger partial charge in [-0.25, -0.2) is 4.98 Å². The zero-order valence-electron chi connectivity index (χ0n) is 11.9. The predicted molar refractivity (Wildman–Crippen MR) is 76.8 cm³/mol. The summed E-state index contributed by atoms with van der Waals surface area (Å²) < 4.78 is 0. The highest BCUT2D eigenvalue weighted by molar-refractivity contribution is 7.11. The maximum Gasteiger partial charge on any atom is 0.113 e. The number of aromatic nitrogens is 1. The van der Waals surface area contributed by atoms with Crippen molar-refractivity contribution >= 4 is 11.3 Å². The van der Waals surface area contributed by atoms with Crippen molar-refractivity contribution in [2.24, 2.45) is 0 Å². The van der Waals surface area contributed by atoms with E-state index in [1.54, 1.807) is 0 Å². The Balaban J connectivity index is 2.67. The van der Waals surface area contributed by atoms with Gasteiger partial charge >= 0.3 is 0 Å². The van der Waals surface area contributed by atoms with Gasteiger partial charge in [0.05, 0.1) is 11.2 Å². The summed E-state index contributed by atoms with van der Waals surface area (Å²) in [5.41, 5.74) is 1.23. The topological polar surface area (TPSA) is 24.9 Å². The lowest BCUT2D eigenvalue weighted by atomic mass is 9.95. The van der Waals surface area contributed by atoms with Gasteiger partial charge in [0.25, 0.3) is 0 Å². The molecule has 1 unspecified atom stereocenters. The van der Waals surface area contributed by atoms with Gasteiger partial charge in [0, 0.05) is 4.88 Å². The molecule has 0 aliphatic heterocycles. The second-order valence-corrected chi connectivity index (χ2v) is 6.26. The fourth-order valence-corrected chi connectivity index (χ4v) is 3.05. The van der Waals surface area contributed by atoms with Crippen molar-refractivity contribution in [3.63, 3.8) is 0 Å². The highest BCUT2D eigenvalue weighted by Gasteiger charge is 2.27. The van der Waals surface area contributed by atoms with E-state index in [4.69, 9.17) is 4.98 Å². The Morgan fingerprint density at radius 3 is 2.41 bits per heavy atom. The summed E-state index contributed by atoms with van der Waals surface area (Å²) in [4.78, 5) is 6.05. The molecule has 0 radical (unpaired) electrons. The van der Waals surface area contributed by atoms with Crippen LogP contribution in [0.3, 0.4) is 0 Å². The summed E-state index contributed by atoms with van der Waals surface area (Å²) in [6.45, 7) is 8.79. The molecule has 1 aromatic heterocycles. The first-order valence-electron chi connectivity index (χ1n) is 6.67. The summed E-state index contributed by atoms with van der Waals surface area (Å²) in [5.74, 6) is 0. The van der Waals surface area contributed by atoms with Gasteiger partial charge in [-0.3, -0.25) is 0 Å². The minimum atomic E-state index is 0.0530. The molecule has 0 aromatic carbocycles. The number of aryl methyl sites for hydroxylation is 2. The molecule has 1 N–H and O–H groups in total. The van der Waals surface area contributed by atoms with Crippen molar-refractivity contribution in [3.8, 4) is 0 Å². The van der Waals surface area contributed by atoms with E-state index in [-0.39, 0.29) is 5.54 Å². The van der Waals surface area contributed by atoms with E-state index in [0.29, 0.717) is 0 Å². The Morgan fingerprint density at radius 2 is 1.94 bits per heavy atom. The molecule has 17 heavy (non-hydrogen) atoms. The SMILES string of the molecule is CCCCCCC(C)(NC)c1nc(C)c(C)s1. The quantitative estimate of drug-likeness (QED) is 0.739. The molecule has 0 fully saturated rings. The molecule has 1 heterocycles. The normalized spacial score (nSPS) is 14.9. The molecular formula is C14H26N2S. The maximum atomic E-state index is 4.71. The average Bonchev–Trinajstić information content (AvgIpc) is 2.65. The minimum Gasteiger partial charge on any atom is -0.309 e. The van der Waals surface area contributed by atoms with Gasteiger partial charge in [-0.15, -0.1) is 11.3 Å². The molecule has 1 atom stereocenters. The molecule has 0 aliphatic rings. The molecule has 2 nitrogen and oxygen atoms in total. The largest absolute Gasteiger partial charge is 0.309 e. The smallest absolute Gasteiger partial charge is 0.113 e. The molecule has 0 saturated heterocycles. The molecule has 3 heteroatoms. The number of hydrogen-bond donors (Lipinski definition) is 1. The molecule has 1 rings (SSSR count). The lowest BCUT2D eigenvalue weighted by Crippen LogP contribution is -2.36. The third-order valence-electron chi connectivity index (χ3n) is 3.58. The van der Waals surface area contributed by atoms with Crippen LogP contribution in [-0.4, -0.2) is 12.0 Å².